The summed E-state index contributed by atoms with van der Waals surface area (Å²) in [7, 11) is 0. The summed E-state index contributed by atoms with van der Waals surface area (Å²) in [4.78, 5) is 19.8. The lowest BCUT2D eigenvalue weighted by atomic mass is 9.92. The number of nitrogens with one attached hydrogen (secondary N) is 1. The van der Waals surface area contributed by atoms with Crippen LogP contribution in [0.1, 0.15) is 36.3 Å². The summed E-state index contributed by atoms with van der Waals surface area (Å²) in [5.41, 5.74) is 2.26. The lowest BCUT2D eigenvalue weighted by Gasteiger charge is -2.25. The number of aromatic nitrogens is 2. The van der Waals surface area contributed by atoms with E-state index in [1.165, 1.54) is 22.6 Å². The minimum absolute atomic E-state index is 0.0508. The van der Waals surface area contributed by atoms with E-state index >= 15 is 0 Å². The third-order valence-corrected chi connectivity index (χ3v) is 6.32. The van der Waals surface area contributed by atoms with Crippen molar-refractivity contribution in [2.45, 2.75) is 58.2 Å². The molecule has 4 rings (SSSR count). The van der Waals surface area contributed by atoms with E-state index in [0.717, 1.165) is 35.0 Å². The van der Waals surface area contributed by atoms with Gasteiger partial charge in [-0.1, -0.05) is 26.0 Å². The first-order valence-corrected chi connectivity index (χ1v) is 10.3. The summed E-state index contributed by atoms with van der Waals surface area (Å²) in [5, 5.41) is 4.42. The zero-order valence-electron chi connectivity index (χ0n) is 15.7. The van der Waals surface area contributed by atoms with Gasteiger partial charge in [0.25, 0.3) is 5.56 Å². The van der Waals surface area contributed by atoms with Crippen molar-refractivity contribution in [3.63, 3.8) is 0 Å². The standard InChI is InChI=1S/C21H24FN3OS/c1-13(2)24-16-7-8-17-18(11-16)27-20-19(17)21(26)25(12-23-20)10-9-14-3-5-15(22)6-4-14/h3-6,12-13,16,24H,7-11H2,1-2H3. The highest BCUT2D eigenvalue weighted by Gasteiger charge is 2.25. The van der Waals surface area contributed by atoms with Crippen LogP contribution in [0.25, 0.3) is 10.2 Å². The van der Waals surface area contributed by atoms with Crippen molar-refractivity contribution >= 4 is 21.6 Å². The smallest absolute Gasteiger partial charge is 0.262 e. The Morgan fingerprint density at radius 3 is 2.85 bits per heavy atom. The molecule has 0 saturated heterocycles. The molecule has 0 amide bonds. The van der Waals surface area contributed by atoms with Crippen LogP contribution in [0.3, 0.4) is 0 Å². The largest absolute Gasteiger partial charge is 0.311 e. The molecule has 1 aromatic carbocycles. The quantitative estimate of drug-likeness (QED) is 0.729. The van der Waals surface area contributed by atoms with Crippen LogP contribution in [-0.4, -0.2) is 21.6 Å². The van der Waals surface area contributed by atoms with E-state index in [1.807, 2.05) is 0 Å². The Labute approximate surface area is 162 Å². The summed E-state index contributed by atoms with van der Waals surface area (Å²) in [6.07, 6.45) is 5.29. The van der Waals surface area contributed by atoms with E-state index in [9.17, 15) is 9.18 Å². The van der Waals surface area contributed by atoms with Gasteiger partial charge in [0.15, 0.2) is 0 Å². The van der Waals surface area contributed by atoms with Crippen LogP contribution in [0.2, 0.25) is 0 Å². The van der Waals surface area contributed by atoms with E-state index in [4.69, 9.17) is 0 Å². The number of hydrogen-bond donors (Lipinski definition) is 1. The number of hydrogen-bond acceptors (Lipinski definition) is 4. The maximum absolute atomic E-state index is 13.1. The Bertz CT molecular complexity index is 1010. The summed E-state index contributed by atoms with van der Waals surface area (Å²) < 4.78 is 14.7. The van der Waals surface area contributed by atoms with Gasteiger partial charge in [-0.05, 0) is 48.9 Å². The fraction of sp³-hybridized carbons (Fsp3) is 0.429. The zero-order chi connectivity index (χ0) is 19.0. The molecule has 0 aliphatic heterocycles. The molecular weight excluding hydrogens is 361 g/mol. The van der Waals surface area contributed by atoms with Crippen molar-refractivity contribution < 1.29 is 4.39 Å². The molecule has 0 bridgehead atoms. The van der Waals surface area contributed by atoms with Crippen LogP contribution < -0.4 is 10.9 Å². The first-order chi connectivity index (χ1) is 13.0. The Morgan fingerprint density at radius 1 is 1.33 bits per heavy atom. The van der Waals surface area contributed by atoms with Gasteiger partial charge in [-0.25, -0.2) is 9.37 Å². The number of rotatable bonds is 5. The van der Waals surface area contributed by atoms with Gasteiger partial charge in [-0.15, -0.1) is 11.3 Å². The summed E-state index contributed by atoms with van der Waals surface area (Å²) in [6, 6.07) is 7.38. The highest BCUT2D eigenvalue weighted by atomic mass is 32.1. The van der Waals surface area contributed by atoms with E-state index in [2.05, 4.69) is 24.1 Å². The summed E-state index contributed by atoms with van der Waals surface area (Å²) in [6.45, 7) is 4.89. The van der Waals surface area contributed by atoms with Gasteiger partial charge in [-0.3, -0.25) is 9.36 Å². The van der Waals surface area contributed by atoms with E-state index < -0.39 is 0 Å². The molecule has 1 atom stereocenters. The number of aryl methyl sites for hydroxylation is 3. The zero-order valence-corrected chi connectivity index (χ0v) is 16.5. The van der Waals surface area contributed by atoms with Gasteiger partial charge in [0.05, 0.1) is 11.7 Å². The van der Waals surface area contributed by atoms with Gasteiger partial charge in [0.1, 0.15) is 10.6 Å². The highest BCUT2D eigenvalue weighted by Crippen LogP contribution is 2.33. The van der Waals surface area contributed by atoms with Crippen molar-refractivity contribution in [1.29, 1.82) is 0 Å². The lowest BCUT2D eigenvalue weighted by molar-refractivity contribution is 0.425. The molecule has 0 spiro atoms. The Hall–Kier alpha value is -2.05. The lowest BCUT2D eigenvalue weighted by Crippen LogP contribution is -2.38. The van der Waals surface area contributed by atoms with Crippen molar-refractivity contribution in [1.82, 2.24) is 14.9 Å². The van der Waals surface area contributed by atoms with Crippen LogP contribution in [0.4, 0.5) is 4.39 Å². The van der Waals surface area contributed by atoms with Crippen LogP contribution in [-0.2, 0) is 25.8 Å². The fourth-order valence-corrected chi connectivity index (χ4v) is 5.13. The molecule has 2 heterocycles. The van der Waals surface area contributed by atoms with Gasteiger partial charge in [0, 0.05) is 23.5 Å². The van der Waals surface area contributed by atoms with Gasteiger partial charge in [-0.2, -0.15) is 0 Å². The van der Waals surface area contributed by atoms with Crippen LogP contribution in [0.5, 0.6) is 0 Å². The molecule has 4 nitrogen and oxygen atoms in total. The van der Waals surface area contributed by atoms with Crippen molar-refractivity contribution in [2.75, 3.05) is 0 Å². The molecule has 3 aromatic rings. The predicted molar refractivity (Wildman–Crippen MR) is 108 cm³/mol. The molecule has 0 saturated carbocycles. The van der Waals surface area contributed by atoms with Crippen LogP contribution in [0, 0.1) is 5.82 Å². The van der Waals surface area contributed by atoms with E-state index in [1.54, 1.807) is 34.4 Å². The van der Waals surface area contributed by atoms with Crippen LogP contribution in [0.15, 0.2) is 35.4 Å². The van der Waals surface area contributed by atoms with Crippen molar-refractivity contribution in [3.05, 3.63) is 62.8 Å². The van der Waals surface area contributed by atoms with E-state index in [0.29, 0.717) is 25.0 Å². The minimum Gasteiger partial charge on any atom is -0.311 e. The summed E-state index contributed by atoms with van der Waals surface area (Å²) >= 11 is 1.66. The molecule has 0 radical (unpaired) electrons. The van der Waals surface area contributed by atoms with Gasteiger partial charge < -0.3 is 5.32 Å². The average Bonchev–Trinajstić information content (AvgIpc) is 3.00. The maximum atomic E-state index is 13.1. The first kappa shape index (κ1) is 18.3. The molecule has 1 aliphatic rings. The maximum Gasteiger partial charge on any atom is 0.262 e. The third kappa shape index (κ3) is 3.82. The molecule has 0 fully saturated rings. The molecule has 1 N–H and O–H groups in total. The molecule has 142 valence electrons. The Balaban J connectivity index is 1.59. The number of benzene rings is 1. The number of thiophene rings is 1. The van der Waals surface area contributed by atoms with Crippen molar-refractivity contribution in [2.24, 2.45) is 0 Å². The topological polar surface area (TPSA) is 46.9 Å². The molecule has 2 aromatic heterocycles. The average molecular weight is 386 g/mol. The van der Waals surface area contributed by atoms with Gasteiger partial charge in [0.2, 0.25) is 0 Å². The fourth-order valence-electron chi connectivity index (χ4n) is 3.87. The molecular formula is C21H24FN3OS. The summed E-state index contributed by atoms with van der Waals surface area (Å²) in [5.74, 6) is -0.242. The normalized spacial score (nSPS) is 16.8. The molecule has 27 heavy (non-hydrogen) atoms. The predicted octanol–water partition coefficient (Wildman–Crippen LogP) is 3.70. The molecule has 1 unspecified atom stereocenters. The Kier molecular flexibility index (Phi) is 5.10. The SMILES string of the molecule is CC(C)NC1CCc2c(sc3ncn(CCc4ccc(F)cc4)c(=O)c23)C1. The van der Waals surface area contributed by atoms with Gasteiger partial charge >= 0.3 is 0 Å². The van der Waals surface area contributed by atoms with E-state index in [-0.39, 0.29) is 11.4 Å². The first-order valence-electron chi connectivity index (χ1n) is 9.51. The Morgan fingerprint density at radius 2 is 2.11 bits per heavy atom. The molecule has 1 aliphatic carbocycles. The third-order valence-electron chi connectivity index (χ3n) is 5.16. The number of fused-ring (bicyclic) bond motifs is 3. The second-order valence-corrected chi connectivity index (χ2v) is 8.65. The highest BCUT2D eigenvalue weighted by molar-refractivity contribution is 7.18. The van der Waals surface area contributed by atoms with Crippen LogP contribution >= 0.6 is 11.3 Å². The van der Waals surface area contributed by atoms with Crippen molar-refractivity contribution in [3.8, 4) is 0 Å². The number of nitrogens with zero attached hydrogens (tertiary/aromatic N) is 2. The number of halogens is 1. The monoisotopic (exact) mass is 385 g/mol. The second-order valence-electron chi connectivity index (χ2n) is 7.56. The minimum atomic E-state index is -0.242. The molecule has 6 heteroatoms. The second kappa shape index (κ2) is 7.52.